The van der Waals surface area contributed by atoms with Crippen molar-refractivity contribution < 1.29 is 42.6 Å². The molecule has 0 radical (unpaired) electrons. The molecular formula is C29H52N6O9. The number of hydrogen-bond acceptors (Lipinski definition) is 15. The number of nitrogens with zero attached hydrogens (tertiary/aromatic N) is 6. The van der Waals surface area contributed by atoms with Crippen molar-refractivity contribution in [3.63, 3.8) is 0 Å². The van der Waals surface area contributed by atoms with E-state index in [4.69, 9.17) is 57.6 Å². The Morgan fingerprint density at radius 3 is 1.25 bits per heavy atom. The van der Waals surface area contributed by atoms with E-state index in [-0.39, 0.29) is 58.9 Å². The molecule has 15 nitrogen and oxygen atoms in total. The van der Waals surface area contributed by atoms with E-state index in [0.29, 0.717) is 70.7 Å². The topological polar surface area (TPSA) is 141 Å². The van der Waals surface area contributed by atoms with Crippen molar-refractivity contribution in [2.24, 2.45) is 0 Å². The van der Waals surface area contributed by atoms with Crippen molar-refractivity contribution in [1.82, 2.24) is 15.0 Å². The van der Waals surface area contributed by atoms with E-state index < -0.39 is 0 Å². The fourth-order valence-corrected chi connectivity index (χ4v) is 3.72. The molecule has 252 valence electrons. The van der Waals surface area contributed by atoms with Crippen LogP contribution in [0.3, 0.4) is 0 Å². The van der Waals surface area contributed by atoms with Crippen molar-refractivity contribution in [3.05, 3.63) is 0 Å². The zero-order valence-corrected chi connectivity index (χ0v) is 26.7. The molecule has 4 rings (SSSR count). The second-order valence-corrected chi connectivity index (χ2v) is 11.0. The van der Waals surface area contributed by atoms with Crippen molar-refractivity contribution in [1.29, 1.82) is 0 Å². The predicted octanol–water partition coefficient (Wildman–Crippen LogP) is 2.69. The van der Waals surface area contributed by atoms with E-state index in [0.717, 1.165) is 38.5 Å². The lowest BCUT2D eigenvalue weighted by molar-refractivity contribution is 0.0323. The Labute approximate surface area is 261 Å². The minimum Gasteiger partial charge on any atom is -0.371 e. The number of hydrogen-bond donors (Lipinski definition) is 0. The maximum atomic E-state index is 5.99. The van der Waals surface area contributed by atoms with Crippen LogP contribution in [0.5, 0.6) is 0 Å². The van der Waals surface area contributed by atoms with E-state index in [2.05, 4.69) is 20.8 Å². The summed E-state index contributed by atoms with van der Waals surface area (Å²) in [6, 6.07) is 0. The minimum atomic E-state index is -0.239. The summed E-state index contributed by atoms with van der Waals surface area (Å²) in [5.41, 5.74) is 0. The third-order valence-corrected chi connectivity index (χ3v) is 6.74. The number of rotatable bonds is 29. The molecule has 0 spiro atoms. The zero-order valence-electron chi connectivity index (χ0n) is 26.7. The second-order valence-electron chi connectivity index (χ2n) is 11.0. The third kappa shape index (κ3) is 14.0. The van der Waals surface area contributed by atoms with Gasteiger partial charge in [-0.05, 0) is 19.3 Å². The van der Waals surface area contributed by atoms with Crippen LogP contribution in [-0.4, -0.2) is 127 Å². The van der Waals surface area contributed by atoms with E-state index in [1.165, 1.54) is 0 Å². The molecule has 3 saturated heterocycles. The summed E-state index contributed by atoms with van der Waals surface area (Å²) >= 11 is 0. The first-order chi connectivity index (χ1) is 21.7. The molecule has 4 heterocycles. The van der Waals surface area contributed by atoms with Gasteiger partial charge in [0.25, 0.3) is 0 Å². The Bertz CT molecular complexity index is 858. The Balaban J connectivity index is 1.59. The van der Waals surface area contributed by atoms with Crippen LogP contribution in [0, 0.1) is 0 Å². The van der Waals surface area contributed by atoms with Gasteiger partial charge >= 0.3 is 0 Å². The first-order valence-corrected chi connectivity index (χ1v) is 16.1. The summed E-state index contributed by atoms with van der Waals surface area (Å²) in [6.45, 7) is 12.5. The lowest BCUT2D eigenvalue weighted by atomic mass is 10.4. The molecule has 0 aromatic carbocycles. The molecule has 15 heteroatoms. The van der Waals surface area contributed by atoms with E-state index in [1.807, 2.05) is 14.7 Å². The van der Waals surface area contributed by atoms with Crippen LogP contribution in [0.2, 0.25) is 0 Å². The molecule has 0 amide bonds. The van der Waals surface area contributed by atoms with Gasteiger partial charge in [-0.25, -0.2) is 0 Å². The molecule has 3 unspecified atom stereocenters. The van der Waals surface area contributed by atoms with Crippen LogP contribution in [0.1, 0.15) is 59.3 Å². The van der Waals surface area contributed by atoms with Crippen LogP contribution < -0.4 is 14.7 Å². The molecule has 0 N–H and O–H groups in total. The van der Waals surface area contributed by atoms with Gasteiger partial charge in [0.2, 0.25) is 17.8 Å². The highest BCUT2D eigenvalue weighted by atomic mass is 16.8. The smallest absolute Gasteiger partial charge is 0.235 e. The van der Waals surface area contributed by atoms with Gasteiger partial charge < -0.3 is 42.6 Å². The SMILES string of the molecule is CCCCOCN(COCC1CO1)c1nc(N(COCCCC)COCC2CO2)nc(N(COCCCC)COC2CO2)n1. The summed E-state index contributed by atoms with van der Waals surface area (Å²) in [5, 5.41) is 0. The summed E-state index contributed by atoms with van der Waals surface area (Å²) in [4.78, 5) is 20.1. The lowest BCUT2D eigenvalue weighted by Gasteiger charge is -2.28. The maximum Gasteiger partial charge on any atom is 0.235 e. The summed E-state index contributed by atoms with van der Waals surface area (Å²) in [5.74, 6) is 1.17. The van der Waals surface area contributed by atoms with Gasteiger partial charge in [-0.1, -0.05) is 40.0 Å². The quantitative estimate of drug-likeness (QED) is 0.0728. The van der Waals surface area contributed by atoms with E-state index >= 15 is 0 Å². The van der Waals surface area contributed by atoms with Crippen molar-refractivity contribution in [2.75, 3.05) is 108 Å². The van der Waals surface area contributed by atoms with Gasteiger partial charge in [-0.3, -0.25) is 14.7 Å². The van der Waals surface area contributed by atoms with Gasteiger partial charge in [-0.2, -0.15) is 15.0 Å². The number of unbranched alkanes of at least 4 members (excludes halogenated alkanes) is 3. The van der Waals surface area contributed by atoms with Crippen LogP contribution in [0.4, 0.5) is 17.8 Å². The van der Waals surface area contributed by atoms with Crippen LogP contribution in [-0.2, 0) is 42.6 Å². The summed E-state index contributed by atoms with van der Waals surface area (Å²) in [6.07, 6.45) is 5.97. The molecule has 3 aliphatic rings. The second kappa shape index (κ2) is 20.2. The number of epoxide rings is 3. The van der Waals surface area contributed by atoms with Crippen LogP contribution >= 0.6 is 0 Å². The highest BCUT2D eigenvalue weighted by Gasteiger charge is 2.28. The number of ether oxygens (including phenoxy) is 9. The van der Waals surface area contributed by atoms with Crippen molar-refractivity contribution >= 4 is 17.8 Å². The van der Waals surface area contributed by atoms with E-state index in [9.17, 15) is 0 Å². The Morgan fingerprint density at radius 2 is 0.909 bits per heavy atom. The molecule has 44 heavy (non-hydrogen) atoms. The summed E-state index contributed by atoms with van der Waals surface area (Å²) < 4.78 is 51.7. The van der Waals surface area contributed by atoms with Gasteiger partial charge in [-0.15, -0.1) is 0 Å². The maximum absolute atomic E-state index is 5.99. The normalized spacial score (nSPS) is 20.1. The molecule has 0 saturated carbocycles. The van der Waals surface area contributed by atoms with Gasteiger partial charge in [0, 0.05) is 19.8 Å². The van der Waals surface area contributed by atoms with Crippen molar-refractivity contribution in [3.8, 4) is 0 Å². The lowest BCUT2D eigenvalue weighted by Crippen LogP contribution is -2.37. The molecule has 3 fully saturated rings. The predicted molar refractivity (Wildman–Crippen MR) is 161 cm³/mol. The fourth-order valence-electron chi connectivity index (χ4n) is 3.72. The number of anilines is 3. The highest BCUT2D eigenvalue weighted by molar-refractivity contribution is 5.45. The first-order valence-electron chi connectivity index (χ1n) is 16.1. The van der Waals surface area contributed by atoms with Crippen LogP contribution in [0.15, 0.2) is 0 Å². The van der Waals surface area contributed by atoms with Gasteiger partial charge in [0.1, 0.15) is 59.2 Å². The Kier molecular flexibility index (Phi) is 16.1. The van der Waals surface area contributed by atoms with E-state index in [1.54, 1.807) is 0 Å². The monoisotopic (exact) mass is 628 g/mol. The van der Waals surface area contributed by atoms with Gasteiger partial charge in [0.15, 0.2) is 6.29 Å². The van der Waals surface area contributed by atoms with Crippen molar-refractivity contribution in [2.45, 2.75) is 77.8 Å². The standard InChI is InChI=1S/C29H52N6O9/c1-4-7-10-36-18-33(21-39-13-24-15-41-24)27-30-28(34(19-37-11-8-5-2)22-40-14-25-16-42-25)32-29(31-27)35(20-38-12-9-6-3)23-44-26-17-43-26/h24-26H,4-23H2,1-3H3. The first kappa shape index (κ1) is 34.9. The van der Waals surface area contributed by atoms with Crippen LogP contribution in [0.25, 0.3) is 0 Å². The summed E-state index contributed by atoms with van der Waals surface area (Å²) in [7, 11) is 0. The molecule has 3 atom stereocenters. The fraction of sp³-hybridized carbons (Fsp3) is 0.897. The largest absolute Gasteiger partial charge is 0.371 e. The number of aromatic nitrogens is 3. The molecule has 1 aromatic rings. The molecular weight excluding hydrogens is 576 g/mol. The molecule has 1 aromatic heterocycles. The average molecular weight is 629 g/mol. The minimum absolute atomic E-state index is 0.128. The molecule has 3 aliphatic heterocycles. The zero-order chi connectivity index (χ0) is 30.8. The third-order valence-electron chi connectivity index (χ3n) is 6.74. The van der Waals surface area contributed by atoms with Gasteiger partial charge in [0.05, 0.1) is 26.4 Å². The molecule has 0 aliphatic carbocycles. The average Bonchev–Trinajstić information content (AvgIpc) is 3.87. The molecule has 0 bridgehead atoms. The highest BCUT2D eigenvalue weighted by Crippen LogP contribution is 2.22. The Hall–Kier alpha value is -1.95. The Morgan fingerprint density at radius 1 is 0.545 bits per heavy atom.